The fourth-order valence-corrected chi connectivity index (χ4v) is 4.51. The van der Waals surface area contributed by atoms with Gasteiger partial charge >= 0.3 is 0 Å². The van der Waals surface area contributed by atoms with E-state index in [1.54, 1.807) is 23.0 Å². The fourth-order valence-electron chi connectivity index (χ4n) is 3.44. The number of hydrogen-bond acceptors (Lipinski definition) is 5. The van der Waals surface area contributed by atoms with Gasteiger partial charge in [-0.2, -0.15) is 9.61 Å². The largest absolute Gasteiger partial charge is 0.496 e. The number of nitrogens with zero attached hydrogens (tertiary/aromatic N) is 3. The number of imidazole rings is 1. The molecule has 4 rings (SSSR count). The van der Waals surface area contributed by atoms with Crippen LogP contribution >= 0.6 is 11.3 Å². The summed E-state index contributed by atoms with van der Waals surface area (Å²) in [6.07, 6.45) is 7.06. The topological polar surface area (TPSA) is 56.5 Å². The van der Waals surface area contributed by atoms with Gasteiger partial charge in [-0.25, -0.2) is 4.98 Å². The molecule has 5 nitrogen and oxygen atoms in total. The minimum Gasteiger partial charge on any atom is -0.496 e. The van der Waals surface area contributed by atoms with E-state index in [0.717, 1.165) is 21.8 Å². The van der Waals surface area contributed by atoms with Gasteiger partial charge in [0.1, 0.15) is 22.1 Å². The Kier molecular flexibility index (Phi) is 4.06. The van der Waals surface area contributed by atoms with Crippen LogP contribution in [0.15, 0.2) is 24.3 Å². The maximum Gasteiger partial charge on any atom is 0.213 e. The first-order valence-electron chi connectivity index (χ1n) is 8.30. The number of carbonyl (C=O) groups excluding carboxylic acids is 1. The minimum absolute atomic E-state index is 0.493. The van der Waals surface area contributed by atoms with Crippen molar-refractivity contribution in [3.05, 3.63) is 35.0 Å². The Hall–Kier alpha value is -2.21. The summed E-state index contributed by atoms with van der Waals surface area (Å²) < 4.78 is 7.11. The number of aromatic nitrogens is 3. The van der Waals surface area contributed by atoms with E-state index < -0.39 is 0 Å². The number of rotatable bonds is 4. The summed E-state index contributed by atoms with van der Waals surface area (Å²) in [5.74, 6) is 1.22. The van der Waals surface area contributed by atoms with Crippen molar-refractivity contribution in [1.29, 1.82) is 0 Å². The highest BCUT2D eigenvalue weighted by Crippen LogP contribution is 2.37. The summed E-state index contributed by atoms with van der Waals surface area (Å²) >= 11 is 1.60. The molecule has 1 aliphatic carbocycles. The van der Waals surface area contributed by atoms with Gasteiger partial charge in [0.25, 0.3) is 0 Å². The van der Waals surface area contributed by atoms with Gasteiger partial charge in [0.05, 0.1) is 7.11 Å². The Labute approximate surface area is 144 Å². The average Bonchev–Trinajstić information content (AvgIpc) is 3.20. The quantitative estimate of drug-likeness (QED) is 0.663. The number of ether oxygens (including phenoxy) is 1. The maximum absolute atomic E-state index is 11.7. The summed E-state index contributed by atoms with van der Waals surface area (Å²) in [6.45, 7) is 0. The van der Waals surface area contributed by atoms with Gasteiger partial charge in [-0.1, -0.05) is 42.7 Å². The van der Waals surface area contributed by atoms with Crippen molar-refractivity contribution in [1.82, 2.24) is 14.6 Å². The van der Waals surface area contributed by atoms with Gasteiger partial charge in [0.2, 0.25) is 4.96 Å². The van der Waals surface area contributed by atoms with E-state index in [1.165, 1.54) is 32.1 Å². The van der Waals surface area contributed by atoms with E-state index in [-0.39, 0.29) is 0 Å². The van der Waals surface area contributed by atoms with E-state index >= 15 is 0 Å². The van der Waals surface area contributed by atoms with E-state index in [4.69, 9.17) is 9.84 Å². The molecule has 0 N–H and O–H groups in total. The first kappa shape index (κ1) is 15.3. The van der Waals surface area contributed by atoms with Crippen molar-refractivity contribution in [2.75, 3.05) is 7.11 Å². The molecule has 0 atom stereocenters. The Morgan fingerprint density at radius 3 is 2.79 bits per heavy atom. The lowest BCUT2D eigenvalue weighted by Gasteiger charge is -2.18. The predicted molar refractivity (Wildman–Crippen MR) is 94.1 cm³/mol. The molecule has 0 amide bonds. The number of benzene rings is 1. The van der Waals surface area contributed by atoms with E-state index in [9.17, 15) is 4.79 Å². The highest BCUT2D eigenvalue weighted by atomic mass is 32.1. The zero-order valence-electron chi connectivity index (χ0n) is 13.6. The number of fused-ring (bicyclic) bond motifs is 1. The molecule has 124 valence electrons. The normalized spacial score (nSPS) is 15.7. The van der Waals surface area contributed by atoms with Crippen molar-refractivity contribution in [3.63, 3.8) is 0 Å². The second-order valence-corrected chi connectivity index (χ2v) is 7.12. The number of carbonyl (C=O) groups is 1. The highest BCUT2D eigenvalue weighted by Gasteiger charge is 2.24. The van der Waals surface area contributed by atoms with Gasteiger partial charge < -0.3 is 4.74 Å². The zero-order chi connectivity index (χ0) is 16.5. The second-order valence-electron chi connectivity index (χ2n) is 6.13. The van der Waals surface area contributed by atoms with Crippen LogP contribution in [0.4, 0.5) is 0 Å². The van der Waals surface area contributed by atoms with Gasteiger partial charge in [0, 0.05) is 11.5 Å². The molecular weight excluding hydrogens is 322 g/mol. The van der Waals surface area contributed by atoms with E-state index in [0.29, 0.717) is 23.1 Å². The predicted octanol–water partition coefficient (Wildman–Crippen LogP) is 4.33. The molecule has 2 aromatic heterocycles. The molecule has 3 aromatic rings. The number of aldehydes is 1. The molecule has 2 heterocycles. The standard InChI is InChI=1S/C18H19N3O2S/c1-23-15-10-6-5-9-13(15)16-14(11-22)21-18(19-16)24-17(20-21)12-7-3-2-4-8-12/h5-6,9-12H,2-4,7-8H2,1H3. The lowest BCUT2D eigenvalue weighted by molar-refractivity contribution is 0.111. The molecule has 0 bridgehead atoms. The third kappa shape index (κ3) is 2.51. The van der Waals surface area contributed by atoms with Crippen molar-refractivity contribution in [2.45, 2.75) is 38.0 Å². The van der Waals surface area contributed by atoms with Crippen LogP contribution in [-0.2, 0) is 0 Å². The van der Waals surface area contributed by atoms with Gasteiger partial charge in [-0.3, -0.25) is 4.79 Å². The zero-order valence-corrected chi connectivity index (χ0v) is 14.4. The Balaban J connectivity index is 1.80. The minimum atomic E-state index is 0.493. The van der Waals surface area contributed by atoms with Crippen LogP contribution < -0.4 is 4.74 Å². The Bertz CT molecular complexity index is 878. The van der Waals surface area contributed by atoms with Gasteiger partial charge in [-0.05, 0) is 25.0 Å². The van der Waals surface area contributed by atoms with Crippen LogP contribution in [0.1, 0.15) is 53.5 Å². The van der Waals surface area contributed by atoms with Crippen LogP contribution in [0.5, 0.6) is 5.75 Å². The maximum atomic E-state index is 11.7. The first-order chi connectivity index (χ1) is 11.8. The molecule has 1 aromatic carbocycles. The SMILES string of the molecule is COc1ccccc1-c1nc2sc(C3CCCCC3)nn2c1C=O. The monoisotopic (exact) mass is 341 g/mol. The summed E-state index contributed by atoms with van der Waals surface area (Å²) in [5, 5.41) is 5.81. The van der Waals surface area contributed by atoms with Crippen molar-refractivity contribution in [2.24, 2.45) is 0 Å². The number of methoxy groups -OCH3 is 1. The summed E-state index contributed by atoms with van der Waals surface area (Å²) in [4.78, 5) is 17.2. The molecule has 0 saturated heterocycles. The van der Waals surface area contributed by atoms with Crippen molar-refractivity contribution >= 4 is 22.6 Å². The molecule has 1 fully saturated rings. The Morgan fingerprint density at radius 2 is 2.04 bits per heavy atom. The molecule has 0 unspecified atom stereocenters. The average molecular weight is 341 g/mol. The molecule has 0 radical (unpaired) electrons. The summed E-state index contributed by atoms with van der Waals surface area (Å²) in [7, 11) is 1.62. The summed E-state index contributed by atoms with van der Waals surface area (Å²) in [5.41, 5.74) is 1.95. The van der Waals surface area contributed by atoms with E-state index in [1.807, 2.05) is 24.3 Å². The first-order valence-corrected chi connectivity index (χ1v) is 9.11. The molecule has 0 aliphatic heterocycles. The fraction of sp³-hybridized carbons (Fsp3) is 0.389. The summed E-state index contributed by atoms with van der Waals surface area (Å²) in [6, 6.07) is 7.61. The number of hydrogen-bond donors (Lipinski definition) is 0. The van der Waals surface area contributed by atoms with Crippen molar-refractivity contribution < 1.29 is 9.53 Å². The third-order valence-electron chi connectivity index (χ3n) is 4.68. The molecule has 6 heteroatoms. The molecule has 0 spiro atoms. The van der Waals surface area contributed by atoms with Gasteiger partial charge in [0.15, 0.2) is 6.29 Å². The highest BCUT2D eigenvalue weighted by molar-refractivity contribution is 7.16. The number of para-hydroxylation sites is 1. The molecule has 1 saturated carbocycles. The molecule has 1 aliphatic rings. The lowest BCUT2D eigenvalue weighted by Crippen LogP contribution is -2.05. The van der Waals surface area contributed by atoms with Crippen LogP contribution in [0, 0.1) is 0 Å². The lowest BCUT2D eigenvalue weighted by atomic mass is 9.90. The smallest absolute Gasteiger partial charge is 0.213 e. The van der Waals surface area contributed by atoms with E-state index in [2.05, 4.69) is 4.98 Å². The van der Waals surface area contributed by atoms with Crippen LogP contribution in [-0.4, -0.2) is 28.0 Å². The van der Waals surface area contributed by atoms with Crippen LogP contribution in [0.2, 0.25) is 0 Å². The molecule has 24 heavy (non-hydrogen) atoms. The third-order valence-corrected chi connectivity index (χ3v) is 5.75. The van der Waals surface area contributed by atoms with Crippen LogP contribution in [0.3, 0.4) is 0 Å². The molecular formula is C18H19N3O2S. The Morgan fingerprint density at radius 1 is 1.25 bits per heavy atom. The van der Waals surface area contributed by atoms with Crippen LogP contribution in [0.25, 0.3) is 16.2 Å². The van der Waals surface area contributed by atoms with Crippen molar-refractivity contribution in [3.8, 4) is 17.0 Å². The van der Waals surface area contributed by atoms with Gasteiger partial charge in [-0.15, -0.1) is 0 Å². The second kappa shape index (κ2) is 6.36.